The molecular weight excluding hydrogens is 244 g/mol. The molecule has 72 valence electrons. The zero-order valence-electron chi connectivity index (χ0n) is 7.46. The van der Waals surface area contributed by atoms with E-state index in [1.807, 2.05) is 22.8 Å². The quantitative estimate of drug-likeness (QED) is 0.832. The lowest BCUT2D eigenvalue weighted by Gasteiger charge is -2.00. The van der Waals surface area contributed by atoms with Crippen molar-refractivity contribution in [3.63, 3.8) is 0 Å². The van der Waals surface area contributed by atoms with Crippen molar-refractivity contribution in [2.45, 2.75) is 18.9 Å². The van der Waals surface area contributed by atoms with Gasteiger partial charge in [0.05, 0.1) is 11.0 Å². The summed E-state index contributed by atoms with van der Waals surface area (Å²) in [6, 6.07) is 6.24. The molecule has 0 radical (unpaired) electrons. The van der Waals surface area contributed by atoms with Crippen LogP contribution in [0.2, 0.25) is 0 Å². The van der Waals surface area contributed by atoms with E-state index in [2.05, 4.69) is 20.9 Å². The second kappa shape index (κ2) is 2.73. The highest BCUT2D eigenvalue weighted by molar-refractivity contribution is 9.10. The molecule has 3 nitrogen and oxygen atoms in total. The number of imidazole rings is 1. The second-order valence-electron chi connectivity index (χ2n) is 3.67. The summed E-state index contributed by atoms with van der Waals surface area (Å²) in [4.78, 5) is 14.5. The zero-order valence-corrected chi connectivity index (χ0v) is 9.04. The minimum absolute atomic E-state index is 0.00870. The number of hydrogen-bond donors (Lipinski definition) is 1. The van der Waals surface area contributed by atoms with Crippen LogP contribution in [0, 0.1) is 0 Å². The molecule has 1 saturated carbocycles. The highest BCUT2D eigenvalue weighted by Crippen LogP contribution is 2.37. The molecule has 1 aliphatic rings. The maximum atomic E-state index is 11.7. The van der Waals surface area contributed by atoms with Crippen molar-refractivity contribution in [1.29, 1.82) is 0 Å². The van der Waals surface area contributed by atoms with Crippen LogP contribution in [0.4, 0.5) is 0 Å². The first-order valence-electron chi connectivity index (χ1n) is 4.66. The molecule has 0 saturated heterocycles. The number of fused-ring (bicyclic) bond motifs is 1. The van der Waals surface area contributed by atoms with Crippen LogP contribution in [0.5, 0.6) is 0 Å². The largest absolute Gasteiger partial charge is 0.326 e. The molecule has 1 aliphatic carbocycles. The van der Waals surface area contributed by atoms with Crippen LogP contribution in [-0.4, -0.2) is 9.55 Å². The number of aromatic nitrogens is 2. The standard InChI is InChI=1S/C10H9BrN2O/c11-7-2-1-3-8-9(7)13(6-4-5-6)10(14)12-8/h1-3,6H,4-5H2,(H,12,14). The lowest BCUT2D eigenvalue weighted by Crippen LogP contribution is -2.15. The number of aromatic amines is 1. The Morgan fingerprint density at radius 2 is 2.21 bits per heavy atom. The van der Waals surface area contributed by atoms with Crippen molar-refractivity contribution in [1.82, 2.24) is 9.55 Å². The van der Waals surface area contributed by atoms with Gasteiger partial charge < -0.3 is 4.98 Å². The van der Waals surface area contributed by atoms with Crippen molar-refractivity contribution < 1.29 is 0 Å². The summed E-state index contributed by atoms with van der Waals surface area (Å²) in [5.41, 5.74) is 1.92. The fourth-order valence-corrected chi connectivity index (χ4v) is 2.38. The number of hydrogen-bond acceptors (Lipinski definition) is 1. The van der Waals surface area contributed by atoms with Crippen LogP contribution in [-0.2, 0) is 0 Å². The Morgan fingerprint density at radius 3 is 2.93 bits per heavy atom. The molecule has 3 rings (SSSR count). The molecule has 1 fully saturated rings. The average Bonchev–Trinajstić information content (AvgIpc) is 2.90. The fraction of sp³-hybridized carbons (Fsp3) is 0.300. The topological polar surface area (TPSA) is 37.8 Å². The number of rotatable bonds is 1. The molecule has 0 amide bonds. The number of para-hydroxylation sites is 1. The highest BCUT2D eigenvalue weighted by atomic mass is 79.9. The minimum atomic E-state index is 0.00870. The van der Waals surface area contributed by atoms with E-state index >= 15 is 0 Å². The number of nitrogens with zero attached hydrogens (tertiary/aromatic N) is 1. The Morgan fingerprint density at radius 1 is 1.43 bits per heavy atom. The minimum Gasteiger partial charge on any atom is -0.305 e. The smallest absolute Gasteiger partial charge is 0.305 e. The summed E-state index contributed by atoms with van der Waals surface area (Å²) in [5, 5.41) is 0. The van der Waals surface area contributed by atoms with Gasteiger partial charge in [-0.1, -0.05) is 6.07 Å². The lowest BCUT2D eigenvalue weighted by atomic mass is 10.3. The van der Waals surface area contributed by atoms with Crippen LogP contribution < -0.4 is 5.69 Å². The van der Waals surface area contributed by atoms with Gasteiger partial charge in [0.2, 0.25) is 0 Å². The maximum absolute atomic E-state index is 11.7. The fourth-order valence-electron chi connectivity index (χ4n) is 1.82. The predicted octanol–water partition coefficient (Wildman–Crippen LogP) is 2.43. The van der Waals surface area contributed by atoms with Gasteiger partial charge in [-0.05, 0) is 40.9 Å². The van der Waals surface area contributed by atoms with E-state index in [0.29, 0.717) is 6.04 Å². The third kappa shape index (κ3) is 1.07. The van der Waals surface area contributed by atoms with Gasteiger partial charge in [-0.3, -0.25) is 4.57 Å². The molecule has 1 aromatic carbocycles. The summed E-state index contributed by atoms with van der Waals surface area (Å²) in [6.45, 7) is 0. The van der Waals surface area contributed by atoms with Gasteiger partial charge in [-0.15, -0.1) is 0 Å². The van der Waals surface area contributed by atoms with Crippen LogP contribution in [0.25, 0.3) is 11.0 Å². The molecule has 0 unspecified atom stereocenters. The van der Waals surface area contributed by atoms with Crippen molar-refractivity contribution in [2.24, 2.45) is 0 Å². The Hall–Kier alpha value is -1.03. The molecule has 2 aromatic rings. The number of halogens is 1. The van der Waals surface area contributed by atoms with Crippen molar-refractivity contribution in [2.75, 3.05) is 0 Å². The van der Waals surface area contributed by atoms with E-state index in [1.165, 1.54) is 0 Å². The number of benzene rings is 1. The lowest BCUT2D eigenvalue weighted by molar-refractivity contribution is 0.732. The Labute approximate surface area is 88.9 Å². The SMILES string of the molecule is O=c1[nH]c2cccc(Br)c2n1C1CC1. The van der Waals surface area contributed by atoms with E-state index in [9.17, 15) is 4.79 Å². The van der Waals surface area contributed by atoms with Gasteiger partial charge in [0.25, 0.3) is 0 Å². The van der Waals surface area contributed by atoms with Crippen LogP contribution in [0.15, 0.2) is 27.5 Å². The van der Waals surface area contributed by atoms with E-state index in [-0.39, 0.29) is 5.69 Å². The van der Waals surface area contributed by atoms with Gasteiger partial charge in [-0.2, -0.15) is 0 Å². The van der Waals surface area contributed by atoms with Crippen molar-refractivity contribution in [3.8, 4) is 0 Å². The van der Waals surface area contributed by atoms with Gasteiger partial charge in [-0.25, -0.2) is 4.79 Å². The number of nitrogens with one attached hydrogen (secondary N) is 1. The first-order chi connectivity index (χ1) is 6.77. The molecule has 1 aromatic heterocycles. The van der Waals surface area contributed by atoms with Crippen molar-refractivity contribution in [3.05, 3.63) is 33.2 Å². The zero-order chi connectivity index (χ0) is 9.71. The van der Waals surface area contributed by atoms with E-state index < -0.39 is 0 Å². The predicted molar refractivity (Wildman–Crippen MR) is 58.5 cm³/mol. The maximum Gasteiger partial charge on any atom is 0.326 e. The monoisotopic (exact) mass is 252 g/mol. The van der Waals surface area contributed by atoms with Gasteiger partial charge in [0.15, 0.2) is 0 Å². The third-order valence-electron chi connectivity index (χ3n) is 2.60. The summed E-state index contributed by atoms with van der Waals surface area (Å²) in [7, 11) is 0. The second-order valence-corrected chi connectivity index (χ2v) is 4.52. The first-order valence-corrected chi connectivity index (χ1v) is 5.45. The Balaban J connectivity index is 2.45. The molecule has 14 heavy (non-hydrogen) atoms. The summed E-state index contributed by atoms with van der Waals surface area (Å²) in [5.74, 6) is 0. The van der Waals surface area contributed by atoms with Crippen LogP contribution in [0.1, 0.15) is 18.9 Å². The first kappa shape index (κ1) is 8.29. The van der Waals surface area contributed by atoms with E-state index in [0.717, 1.165) is 28.3 Å². The molecule has 4 heteroatoms. The third-order valence-corrected chi connectivity index (χ3v) is 3.24. The molecule has 0 spiro atoms. The van der Waals surface area contributed by atoms with Gasteiger partial charge in [0, 0.05) is 10.5 Å². The van der Waals surface area contributed by atoms with Crippen molar-refractivity contribution >= 4 is 27.0 Å². The van der Waals surface area contributed by atoms with Gasteiger partial charge in [0.1, 0.15) is 0 Å². The number of H-pyrrole nitrogens is 1. The van der Waals surface area contributed by atoms with E-state index in [1.54, 1.807) is 0 Å². The molecule has 1 N–H and O–H groups in total. The Bertz CT molecular complexity index is 551. The molecular formula is C10H9BrN2O. The van der Waals surface area contributed by atoms with E-state index in [4.69, 9.17) is 0 Å². The Kier molecular flexibility index (Phi) is 1.62. The van der Waals surface area contributed by atoms with Crippen LogP contribution in [0.3, 0.4) is 0 Å². The highest BCUT2D eigenvalue weighted by Gasteiger charge is 2.27. The van der Waals surface area contributed by atoms with Gasteiger partial charge >= 0.3 is 5.69 Å². The molecule has 0 aliphatic heterocycles. The summed E-state index contributed by atoms with van der Waals surface area (Å²) >= 11 is 3.48. The normalized spacial score (nSPS) is 16.4. The average molecular weight is 253 g/mol. The molecule has 0 atom stereocenters. The molecule has 1 heterocycles. The molecule has 0 bridgehead atoms. The summed E-state index contributed by atoms with van der Waals surface area (Å²) in [6.07, 6.45) is 2.24. The van der Waals surface area contributed by atoms with Crippen LogP contribution >= 0.6 is 15.9 Å². The summed E-state index contributed by atoms with van der Waals surface area (Å²) < 4.78 is 2.85.